The Hall–Kier alpha value is -1.54. The van der Waals surface area contributed by atoms with Gasteiger partial charge in [-0.2, -0.15) is 0 Å². The zero-order valence-corrected chi connectivity index (χ0v) is 10.4. The molecule has 1 aliphatic rings. The molecule has 0 spiro atoms. The summed E-state index contributed by atoms with van der Waals surface area (Å²) in [4.78, 5) is 13.3. The first-order valence-electron chi connectivity index (χ1n) is 5.62. The van der Waals surface area contributed by atoms with E-state index in [2.05, 4.69) is 12.6 Å². The zero-order valence-electron chi connectivity index (χ0n) is 9.53. The summed E-state index contributed by atoms with van der Waals surface area (Å²) in [5, 5.41) is 0. The SMILES string of the molecule is Cc1ccc2c(c1S)C(=O)c1ccccc1C2. The second kappa shape index (κ2) is 3.74. The fourth-order valence-electron chi connectivity index (χ4n) is 2.37. The predicted octanol–water partition coefficient (Wildman–Crippen LogP) is 3.42. The van der Waals surface area contributed by atoms with Crippen LogP contribution in [0.1, 0.15) is 32.6 Å². The highest BCUT2D eigenvalue weighted by atomic mass is 32.1. The smallest absolute Gasteiger partial charge is 0.194 e. The largest absolute Gasteiger partial charge is 0.289 e. The summed E-state index contributed by atoms with van der Waals surface area (Å²) < 4.78 is 0. The molecule has 1 nitrogen and oxygen atoms in total. The summed E-state index contributed by atoms with van der Waals surface area (Å²) in [5.74, 6) is 0.107. The Balaban J connectivity index is 2.28. The highest BCUT2D eigenvalue weighted by Crippen LogP contribution is 2.32. The Bertz CT molecular complexity index is 629. The van der Waals surface area contributed by atoms with Crippen LogP contribution in [0.3, 0.4) is 0 Å². The van der Waals surface area contributed by atoms with Crippen LogP contribution < -0.4 is 0 Å². The van der Waals surface area contributed by atoms with Gasteiger partial charge in [0, 0.05) is 16.0 Å². The fourth-order valence-corrected chi connectivity index (χ4v) is 2.69. The summed E-state index contributed by atoms with van der Waals surface area (Å²) in [6, 6.07) is 11.9. The van der Waals surface area contributed by atoms with Gasteiger partial charge in [-0.1, -0.05) is 36.4 Å². The van der Waals surface area contributed by atoms with Crippen LogP contribution in [0.4, 0.5) is 0 Å². The molecule has 0 amide bonds. The Morgan fingerprint density at radius 2 is 1.82 bits per heavy atom. The molecule has 0 aliphatic heterocycles. The first kappa shape index (κ1) is 10.6. The molecule has 84 valence electrons. The molecule has 0 saturated carbocycles. The molecule has 0 N–H and O–H groups in total. The lowest BCUT2D eigenvalue weighted by Crippen LogP contribution is -2.16. The standard InChI is InChI=1S/C15H12OS/c1-9-6-7-11-8-10-4-2-3-5-12(10)14(16)13(11)15(9)17/h2-7,17H,8H2,1H3. The predicted molar refractivity (Wildman–Crippen MR) is 71.1 cm³/mol. The van der Waals surface area contributed by atoms with Crippen LogP contribution in [0.15, 0.2) is 41.3 Å². The van der Waals surface area contributed by atoms with Gasteiger partial charge < -0.3 is 0 Å². The van der Waals surface area contributed by atoms with Crippen LogP contribution in [0.5, 0.6) is 0 Å². The molecular formula is C15H12OS. The van der Waals surface area contributed by atoms with Gasteiger partial charge in [-0.3, -0.25) is 4.79 Å². The average molecular weight is 240 g/mol. The third-order valence-electron chi connectivity index (χ3n) is 3.34. The maximum atomic E-state index is 12.4. The molecule has 2 heteroatoms. The minimum absolute atomic E-state index is 0.107. The first-order valence-corrected chi connectivity index (χ1v) is 6.07. The number of hydrogen-bond acceptors (Lipinski definition) is 2. The van der Waals surface area contributed by atoms with Crippen molar-refractivity contribution in [3.63, 3.8) is 0 Å². The third-order valence-corrected chi connectivity index (χ3v) is 3.91. The van der Waals surface area contributed by atoms with E-state index in [-0.39, 0.29) is 5.78 Å². The highest BCUT2D eigenvalue weighted by molar-refractivity contribution is 7.80. The van der Waals surface area contributed by atoms with Crippen molar-refractivity contribution in [2.24, 2.45) is 0 Å². The average Bonchev–Trinajstić information content (AvgIpc) is 2.34. The van der Waals surface area contributed by atoms with E-state index in [1.807, 2.05) is 43.3 Å². The molecule has 2 aromatic rings. The molecule has 0 radical (unpaired) electrons. The monoisotopic (exact) mass is 240 g/mol. The fraction of sp³-hybridized carbons (Fsp3) is 0.133. The minimum atomic E-state index is 0.107. The molecule has 0 aromatic heterocycles. The molecule has 0 bridgehead atoms. The van der Waals surface area contributed by atoms with E-state index in [0.29, 0.717) is 0 Å². The Kier molecular flexibility index (Phi) is 2.33. The molecule has 0 unspecified atom stereocenters. The quantitative estimate of drug-likeness (QED) is 0.596. The van der Waals surface area contributed by atoms with Crippen LogP contribution in [0.25, 0.3) is 0 Å². The molecule has 0 heterocycles. The number of benzene rings is 2. The van der Waals surface area contributed by atoms with Crippen molar-refractivity contribution in [1.29, 1.82) is 0 Å². The summed E-state index contributed by atoms with van der Waals surface area (Å²) in [6.45, 7) is 1.98. The number of rotatable bonds is 0. The summed E-state index contributed by atoms with van der Waals surface area (Å²) in [7, 11) is 0. The van der Waals surface area contributed by atoms with Crippen molar-refractivity contribution in [2.75, 3.05) is 0 Å². The van der Waals surface area contributed by atoms with Gasteiger partial charge in [0.15, 0.2) is 5.78 Å². The van der Waals surface area contributed by atoms with E-state index in [1.165, 1.54) is 0 Å². The van der Waals surface area contributed by atoms with Gasteiger partial charge in [-0.05, 0) is 30.0 Å². The van der Waals surface area contributed by atoms with E-state index in [0.717, 1.165) is 39.1 Å². The maximum Gasteiger partial charge on any atom is 0.194 e. The van der Waals surface area contributed by atoms with E-state index in [1.54, 1.807) is 0 Å². The second-order valence-electron chi connectivity index (χ2n) is 4.43. The van der Waals surface area contributed by atoms with Crippen LogP contribution in [-0.4, -0.2) is 5.78 Å². The third kappa shape index (κ3) is 1.52. The Morgan fingerprint density at radius 3 is 2.65 bits per heavy atom. The molecule has 0 fully saturated rings. The van der Waals surface area contributed by atoms with E-state index < -0.39 is 0 Å². The lowest BCUT2D eigenvalue weighted by molar-refractivity contribution is 0.103. The van der Waals surface area contributed by atoms with Gasteiger partial charge >= 0.3 is 0 Å². The van der Waals surface area contributed by atoms with Crippen molar-refractivity contribution >= 4 is 18.4 Å². The van der Waals surface area contributed by atoms with Crippen molar-refractivity contribution < 1.29 is 4.79 Å². The summed E-state index contributed by atoms with van der Waals surface area (Å²) in [6.07, 6.45) is 0.824. The lowest BCUT2D eigenvalue weighted by atomic mass is 9.84. The van der Waals surface area contributed by atoms with Gasteiger partial charge in [-0.25, -0.2) is 0 Å². The number of ketones is 1. The number of thiol groups is 1. The number of carbonyl (C=O) groups is 1. The molecule has 0 atom stereocenters. The van der Waals surface area contributed by atoms with Gasteiger partial charge in [0.2, 0.25) is 0 Å². The number of fused-ring (bicyclic) bond motifs is 2. The van der Waals surface area contributed by atoms with E-state index in [9.17, 15) is 4.79 Å². The van der Waals surface area contributed by atoms with Gasteiger partial charge in [0.25, 0.3) is 0 Å². The van der Waals surface area contributed by atoms with E-state index in [4.69, 9.17) is 0 Å². The Morgan fingerprint density at radius 1 is 1.06 bits per heavy atom. The second-order valence-corrected chi connectivity index (χ2v) is 4.88. The Labute approximate surface area is 106 Å². The normalized spacial score (nSPS) is 13.2. The van der Waals surface area contributed by atoms with Gasteiger partial charge in [0.05, 0.1) is 0 Å². The van der Waals surface area contributed by atoms with Crippen LogP contribution in [-0.2, 0) is 6.42 Å². The van der Waals surface area contributed by atoms with Crippen molar-refractivity contribution in [2.45, 2.75) is 18.2 Å². The zero-order chi connectivity index (χ0) is 12.0. The van der Waals surface area contributed by atoms with Crippen LogP contribution in [0, 0.1) is 6.92 Å². The molecule has 0 saturated heterocycles. The van der Waals surface area contributed by atoms with Crippen molar-refractivity contribution in [3.05, 3.63) is 64.2 Å². The molecular weight excluding hydrogens is 228 g/mol. The maximum absolute atomic E-state index is 12.4. The number of carbonyl (C=O) groups excluding carboxylic acids is 1. The van der Waals surface area contributed by atoms with Crippen LogP contribution in [0.2, 0.25) is 0 Å². The van der Waals surface area contributed by atoms with Gasteiger partial charge in [0.1, 0.15) is 0 Å². The first-order chi connectivity index (χ1) is 8.18. The number of hydrogen-bond donors (Lipinski definition) is 1. The summed E-state index contributed by atoms with van der Waals surface area (Å²) >= 11 is 4.48. The number of aryl methyl sites for hydroxylation is 1. The topological polar surface area (TPSA) is 17.1 Å². The molecule has 17 heavy (non-hydrogen) atoms. The molecule has 2 aromatic carbocycles. The van der Waals surface area contributed by atoms with Crippen LogP contribution >= 0.6 is 12.6 Å². The lowest BCUT2D eigenvalue weighted by Gasteiger charge is -2.20. The van der Waals surface area contributed by atoms with Gasteiger partial charge in [-0.15, -0.1) is 12.6 Å². The summed E-state index contributed by atoms with van der Waals surface area (Å²) in [5.41, 5.74) is 4.86. The highest BCUT2D eigenvalue weighted by Gasteiger charge is 2.25. The van der Waals surface area contributed by atoms with Crippen molar-refractivity contribution in [3.8, 4) is 0 Å². The molecule has 1 aliphatic carbocycles. The van der Waals surface area contributed by atoms with E-state index >= 15 is 0 Å². The molecule has 3 rings (SSSR count). The minimum Gasteiger partial charge on any atom is -0.289 e. The van der Waals surface area contributed by atoms with Crippen molar-refractivity contribution in [1.82, 2.24) is 0 Å².